The van der Waals surface area contributed by atoms with E-state index in [1.54, 1.807) is 39.5 Å². The molecule has 5 heteroatoms. The molecule has 0 saturated heterocycles. The molecule has 0 aliphatic rings. The Morgan fingerprint density at radius 3 is 2.50 bits per heavy atom. The van der Waals surface area contributed by atoms with Crippen LogP contribution in [0.15, 0.2) is 18.2 Å². The zero-order valence-electron chi connectivity index (χ0n) is 11.1. The summed E-state index contributed by atoms with van der Waals surface area (Å²) in [5.41, 5.74) is 6.50. The molecule has 0 bridgehead atoms. The van der Waals surface area contributed by atoms with Crippen molar-refractivity contribution in [2.75, 3.05) is 27.9 Å². The third-order valence-electron chi connectivity index (χ3n) is 2.70. The minimum Gasteiger partial charge on any atom is -0.497 e. The highest BCUT2D eigenvalue weighted by atomic mass is 16.5. The Morgan fingerprint density at radius 1 is 1.22 bits per heavy atom. The van der Waals surface area contributed by atoms with Gasteiger partial charge in [-0.2, -0.15) is 0 Å². The molecule has 2 atom stereocenters. The lowest BCUT2D eigenvalue weighted by molar-refractivity contribution is 0.120. The van der Waals surface area contributed by atoms with Gasteiger partial charge >= 0.3 is 0 Å². The van der Waals surface area contributed by atoms with Crippen LogP contribution in [-0.4, -0.2) is 39.1 Å². The first kappa shape index (κ1) is 14.8. The van der Waals surface area contributed by atoms with E-state index in [1.165, 1.54) is 0 Å². The molecule has 2 unspecified atom stereocenters. The number of benzene rings is 1. The SMILES string of the molecule is COCC(N)CC(O)c1cc(OC)ccc1OC. The minimum absolute atomic E-state index is 0.221. The Hall–Kier alpha value is -1.30. The second-order valence-electron chi connectivity index (χ2n) is 4.07. The van der Waals surface area contributed by atoms with E-state index < -0.39 is 6.10 Å². The molecule has 1 aromatic carbocycles. The lowest BCUT2D eigenvalue weighted by atomic mass is 10.0. The molecule has 0 fully saturated rings. The van der Waals surface area contributed by atoms with Gasteiger partial charge < -0.3 is 25.1 Å². The zero-order chi connectivity index (χ0) is 13.5. The van der Waals surface area contributed by atoms with Crippen molar-refractivity contribution in [2.24, 2.45) is 5.73 Å². The second-order valence-corrected chi connectivity index (χ2v) is 4.07. The summed E-state index contributed by atoms with van der Waals surface area (Å²) in [5.74, 6) is 1.29. The van der Waals surface area contributed by atoms with Gasteiger partial charge in [0.1, 0.15) is 11.5 Å². The van der Waals surface area contributed by atoms with E-state index in [9.17, 15) is 5.11 Å². The predicted octanol–water partition coefficient (Wildman–Crippen LogP) is 1.10. The van der Waals surface area contributed by atoms with E-state index in [1.807, 2.05) is 0 Å². The van der Waals surface area contributed by atoms with Gasteiger partial charge in [0.2, 0.25) is 0 Å². The van der Waals surface area contributed by atoms with Gasteiger partial charge in [-0.25, -0.2) is 0 Å². The Kier molecular flexibility index (Phi) is 5.91. The molecule has 0 aromatic heterocycles. The lowest BCUT2D eigenvalue weighted by Gasteiger charge is -2.19. The highest BCUT2D eigenvalue weighted by Gasteiger charge is 2.17. The van der Waals surface area contributed by atoms with Gasteiger partial charge in [-0.3, -0.25) is 0 Å². The highest BCUT2D eigenvalue weighted by Crippen LogP contribution is 2.31. The predicted molar refractivity (Wildman–Crippen MR) is 69.0 cm³/mol. The molecule has 0 aliphatic heterocycles. The van der Waals surface area contributed by atoms with E-state index in [0.29, 0.717) is 30.1 Å². The fraction of sp³-hybridized carbons (Fsp3) is 0.538. The second kappa shape index (κ2) is 7.20. The smallest absolute Gasteiger partial charge is 0.124 e. The summed E-state index contributed by atoms with van der Waals surface area (Å²) in [5, 5.41) is 10.2. The zero-order valence-corrected chi connectivity index (χ0v) is 11.1. The third-order valence-corrected chi connectivity index (χ3v) is 2.70. The molecule has 1 rings (SSSR count). The maximum absolute atomic E-state index is 10.2. The number of hydrogen-bond acceptors (Lipinski definition) is 5. The van der Waals surface area contributed by atoms with Gasteiger partial charge in [-0.1, -0.05) is 0 Å². The topological polar surface area (TPSA) is 73.9 Å². The molecule has 1 aromatic rings. The van der Waals surface area contributed by atoms with Crippen molar-refractivity contribution in [1.82, 2.24) is 0 Å². The van der Waals surface area contributed by atoms with Crippen LogP contribution < -0.4 is 15.2 Å². The molecule has 0 radical (unpaired) electrons. The fourth-order valence-corrected chi connectivity index (χ4v) is 1.80. The van der Waals surface area contributed by atoms with Gasteiger partial charge in [0.05, 0.1) is 26.9 Å². The van der Waals surface area contributed by atoms with Gasteiger partial charge in [0.15, 0.2) is 0 Å². The van der Waals surface area contributed by atoms with Crippen molar-refractivity contribution < 1.29 is 19.3 Å². The molecule has 0 aliphatic carbocycles. The number of nitrogens with two attached hydrogens (primary N) is 1. The van der Waals surface area contributed by atoms with Crippen LogP contribution in [0.5, 0.6) is 11.5 Å². The molecule has 102 valence electrons. The number of rotatable bonds is 7. The van der Waals surface area contributed by atoms with Crippen molar-refractivity contribution in [1.29, 1.82) is 0 Å². The van der Waals surface area contributed by atoms with Crippen molar-refractivity contribution in [3.05, 3.63) is 23.8 Å². The molecule has 0 spiro atoms. The number of ether oxygens (including phenoxy) is 3. The maximum atomic E-state index is 10.2. The minimum atomic E-state index is -0.708. The van der Waals surface area contributed by atoms with E-state index in [4.69, 9.17) is 19.9 Å². The number of methoxy groups -OCH3 is 3. The molecule has 0 heterocycles. The Labute approximate surface area is 107 Å². The summed E-state index contributed by atoms with van der Waals surface area (Å²) in [6.45, 7) is 0.406. The van der Waals surface area contributed by atoms with Gasteiger partial charge in [-0.05, 0) is 24.6 Å². The summed E-state index contributed by atoms with van der Waals surface area (Å²) in [6, 6.07) is 5.08. The summed E-state index contributed by atoms with van der Waals surface area (Å²) in [4.78, 5) is 0. The van der Waals surface area contributed by atoms with Crippen molar-refractivity contribution in [3.8, 4) is 11.5 Å². The van der Waals surface area contributed by atoms with E-state index >= 15 is 0 Å². The first-order chi connectivity index (χ1) is 8.62. The first-order valence-corrected chi connectivity index (χ1v) is 5.76. The van der Waals surface area contributed by atoms with E-state index in [2.05, 4.69) is 0 Å². The summed E-state index contributed by atoms with van der Waals surface area (Å²) in [6.07, 6.45) is -0.308. The van der Waals surface area contributed by atoms with E-state index in [-0.39, 0.29) is 6.04 Å². The number of hydrogen-bond donors (Lipinski definition) is 2. The van der Waals surface area contributed by atoms with Crippen molar-refractivity contribution >= 4 is 0 Å². The standard InChI is InChI=1S/C13H21NO4/c1-16-8-9(14)6-12(15)11-7-10(17-2)4-5-13(11)18-3/h4-5,7,9,12,15H,6,8,14H2,1-3H3. The Morgan fingerprint density at radius 2 is 1.94 bits per heavy atom. The first-order valence-electron chi connectivity index (χ1n) is 5.76. The largest absolute Gasteiger partial charge is 0.497 e. The highest BCUT2D eigenvalue weighted by molar-refractivity contribution is 5.41. The third kappa shape index (κ3) is 3.87. The molecule has 3 N–H and O–H groups in total. The lowest BCUT2D eigenvalue weighted by Crippen LogP contribution is -2.27. The molecule has 5 nitrogen and oxygen atoms in total. The average Bonchev–Trinajstić information content (AvgIpc) is 2.38. The van der Waals surface area contributed by atoms with Gasteiger partial charge in [-0.15, -0.1) is 0 Å². The van der Waals surface area contributed by atoms with Crippen LogP contribution in [0, 0.1) is 0 Å². The molecule has 0 saturated carbocycles. The van der Waals surface area contributed by atoms with Crippen LogP contribution in [0.1, 0.15) is 18.1 Å². The normalized spacial score (nSPS) is 14.1. The van der Waals surface area contributed by atoms with Crippen molar-refractivity contribution in [2.45, 2.75) is 18.6 Å². The summed E-state index contributed by atoms with van der Waals surface area (Å²) >= 11 is 0. The van der Waals surface area contributed by atoms with Crippen LogP contribution in [-0.2, 0) is 4.74 Å². The molecular weight excluding hydrogens is 234 g/mol. The number of aliphatic hydroxyl groups excluding tert-OH is 1. The quantitative estimate of drug-likeness (QED) is 0.763. The molecule has 18 heavy (non-hydrogen) atoms. The van der Waals surface area contributed by atoms with E-state index in [0.717, 1.165) is 0 Å². The van der Waals surface area contributed by atoms with Gasteiger partial charge in [0, 0.05) is 18.7 Å². The van der Waals surface area contributed by atoms with Crippen LogP contribution >= 0.6 is 0 Å². The fourth-order valence-electron chi connectivity index (χ4n) is 1.80. The van der Waals surface area contributed by atoms with Crippen LogP contribution in [0.3, 0.4) is 0 Å². The Balaban J connectivity index is 2.85. The summed E-state index contributed by atoms with van der Waals surface area (Å²) < 4.78 is 15.3. The van der Waals surface area contributed by atoms with Crippen LogP contribution in [0.25, 0.3) is 0 Å². The maximum Gasteiger partial charge on any atom is 0.124 e. The Bertz CT molecular complexity index is 370. The summed E-state index contributed by atoms with van der Waals surface area (Å²) in [7, 11) is 4.72. The monoisotopic (exact) mass is 255 g/mol. The van der Waals surface area contributed by atoms with Crippen LogP contribution in [0.4, 0.5) is 0 Å². The average molecular weight is 255 g/mol. The van der Waals surface area contributed by atoms with Crippen molar-refractivity contribution in [3.63, 3.8) is 0 Å². The van der Waals surface area contributed by atoms with Gasteiger partial charge in [0.25, 0.3) is 0 Å². The molecular formula is C13H21NO4. The van der Waals surface area contributed by atoms with Crippen LogP contribution in [0.2, 0.25) is 0 Å². The number of aliphatic hydroxyl groups is 1. The molecule has 0 amide bonds.